The largest absolute Gasteiger partial charge is 0.494 e. The second-order valence-electron chi connectivity index (χ2n) is 5.94. The average molecular weight is 385 g/mol. The van der Waals surface area contributed by atoms with Crippen LogP contribution in [0.4, 0.5) is 5.69 Å². The molecule has 5 nitrogen and oxygen atoms in total. The Labute approximate surface area is 164 Å². The van der Waals surface area contributed by atoms with Gasteiger partial charge in [0.1, 0.15) is 23.1 Å². The van der Waals surface area contributed by atoms with E-state index >= 15 is 0 Å². The molecule has 2 aromatic rings. The minimum absolute atomic E-state index is 0.00143. The standard InChI is InChI=1S/C21H21ClN2O3/c1-4-26-18-8-6-17(7-9-18)24-21(25)16(13-23)11-15-5-10-20(19(22)12-15)27-14(2)3/h5-12,14H,4H2,1-3H3,(H,24,25)/b16-11+. The summed E-state index contributed by atoms with van der Waals surface area (Å²) in [5, 5.41) is 12.4. The minimum atomic E-state index is -0.500. The number of nitrogens with one attached hydrogen (secondary N) is 1. The van der Waals surface area contributed by atoms with Crippen LogP contribution < -0.4 is 14.8 Å². The third-order valence-corrected chi connectivity index (χ3v) is 3.71. The van der Waals surface area contributed by atoms with Crippen LogP contribution in [0.1, 0.15) is 26.3 Å². The second-order valence-corrected chi connectivity index (χ2v) is 6.34. The van der Waals surface area contributed by atoms with Gasteiger partial charge < -0.3 is 14.8 Å². The number of nitriles is 1. The van der Waals surface area contributed by atoms with Gasteiger partial charge in [0.15, 0.2) is 0 Å². The van der Waals surface area contributed by atoms with Crippen molar-refractivity contribution < 1.29 is 14.3 Å². The summed E-state index contributed by atoms with van der Waals surface area (Å²) < 4.78 is 10.9. The van der Waals surface area contributed by atoms with E-state index in [1.165, 1.54) is 6.08 Å². The highest BCUT2D eigenvalue weighted by Crippen LogP contribution is 2.27. The number of halogens is 1. The van der Waals surface area contributed by atoms with Crippen LogP contribution in [-0.2, 0) is 4.79 Å². The summed E-state index contributed by atoms with van der Waals surface area (Å²) in [5.74, 6) is 0.770. The van der Waals surface area contributed by atoms with Gasteiger partial charge in [-0.3, -0.25) is 4.79 Å². The van der Waals surface area contributed by atoms with Crippen molar-refractivity contribution in [1.82, 2.24) is 0 Å². The Morgan fingerprint density at radius 3 is 2.52 bits per heavy atom. The molecule has 140 valence electrons. The number of benzene rings is 2. The van der Waals surface area contributed by atoms with Crippen molar-refractivity contribution in [2.24, 2.45) is 0 Å². The molecule has 0 spiro atoms. The first-order chi connectivity index (χ1) is 12.9. The minimum Gasteiger partial charge on any atom is -0.494 e. The quantitative estimate of drug-likeness (QED) is 0.534. The van der Waals surface area contributed by atoms with Crippen molar-refractivity contribution in [3.63, 3.8) is 0 Å². The van der Waals surface area contributed by atoms with E-state index in [1.807, 2.05) is 26.8 Å². The summed E-state index contributed by atoms with van der Waals surface area (Å²) in [6.07, 6.45) is 1.48. The van der Waals surface area contributed by atoms with Crippen LogP contribution in [0.5, 0.6) is 11.5 Å². The summed E-state index contributed by atoms with van der Waals surface area (Å²) in [6, 6.07) is 14.0. The fourth-order valence-electron chi connectivity index (χ4n) is 2.27. The van der Waals surface area contributed by atoms with Gasteiger partial charge in [-0.2, -0.15) is 5.26 Å². The molecule has 0 saturated heterocycles. The molecule has 0 atom stereocenters. The van der Waals surface area contributed by atoms with Gasteiger partial charge in [-0.15, -0.1) is 0 Å². The summed E-state index contributed by atoms with van der Waals surface area (Å²) >= 11 is 6.20. The number of anilines is 1. The Bertz CT molecular complexity index is 868. The highest BCUT2D eigenvalue weighted by molar-refractivity contribution is 6.32. The van der Waals surface area contributed by atoms with Gasteiger partial charge in [-0.05, 0) is 68.8 Å². The summed E-state index contributed by atoms with van der Waals surface area (Å²) in [4.78, 5) is 12.4. The zero-order valence-electron chi connectivity index (χ0n) is 15.5. The third-order valence-electron chi connectivity index (χ3n) is 3.42. The molecule has 0 unspecified atom stereocenters. The maximum atomic E-state index is 12.4. The molecule has 0 radical (unpaired) electrons. The van der Waals surface area contributed by atoms with Crippen LogP contribution in [0.15, 0.2) is 48.0 Å². The van der Waals surface area contributed by atoms with Crippen LogP contribution in [-0.4, -0.2) is 18.6 Å². The molecule has 0 saturated carbocycles. The molecule has 1 amide bonds. The molecule has 6 heteroatoms. The average Bonchev–Trinajstić information content (AvgIpc) is 2.63. The number of ether oxygens (including phenoxy) is 2. The van der Waals surface area contributed by atoms with E-state index in [0.29, 0.717) is 34.4 Å². The lowest BCUT2D eigenvalue weighted by Crippen LogP contribution is -2.13. The number of hydrogen-bond donors (Lipinski definition) is 1. The predicted octanol–water partition coefficient (Wildman–Crippen LogP) is 5.07. The van der Waals surface area contributed by atoms with Crippen molar-refractivity contribution in [3.8, 4) is 17.6 Å². The van der Waals surface area contributed by atoms with Crippen molar-refractivity contribution >= 4 is 29.3 Å². The first-order valence-electron chi connectivity index (χ1n) is 8.55. The Morgan fingerprint density at radius 1 is 1.26 bits per heavy atom. The molecule has 0 aromatic heterocycles. The number of hydrogen-bond acceptors (Lipinski definition) is 4. The van der Waals surface area contributed by atoms with Crippen LogP contribution in [0.3, 0.4) is 0 Å². The SMILES string of the molecule is CCOc1ccc(NC(=O)/C(C#N)=C/c2ccc(OC(C)C)c(Cl)c2)cc1. The Morgan fingerprint density at radius 2 is 1.96 bits per heavy atom. The van der Waals surface area contributed by atoms with E-state index in [4.69, 9.17) is 21.1 Å². The Balaban J connectivity index is 2.14. The first kappa shape index (κ1) is 20.3. The van der Waals surface area contributed by atoms with E-state index in [-0.39, 0.29) is 11.7 Å². The fourth-order valence-corrected chi connectivity index (χ4v) is 2.50. The molecule has 2 rings (SSSR count). The van der Waals surface area contributed by atoms with Gasteiger partial charge in [0, 0.05) is 5.69 Å². The van der Waals surface area contributed by atoms with Crippen LogP contribution >= 0.6 is 11.6 Å². The van der Waals surface area contributed by atoms with Crippen LogP contribution in [0, 0.1) is 11.3 Å². The van der Waals surface area contributed by atoms with Crippen molar-refractivity contribution in [2.75, 3.05) is 11.9 Å². The van der Waals surface area contributed by atoms with Gasteiger partial charge in [-0.25, -0.2) is 0 Å². The molecule has 27 heavy (non-hydrogen) atoms. The lowest BCUT2D eigenvalue weighted by atomic mass is 10.1. The maximum absolute atomic E-state index is 12.4. The smallest absolute Gasteiger partial charge is 0.266 e. The van der Waals surface area contributed by atoms with E-state index in [9.17, 15) is 10.1 Å². The van der Waals surface area contributed by atoms with Crippen molar-refractivity contribution in [3.05, 3.63) is 58.6 Å². The van der Waals surface area contributed by atoms with E-state index in [1.54, 1.807) is 42.5 Å². The van der Waals surface area contributed by atoms with Gasteiger partial charge >= 0.3 is 0 Å². The Kier molecular flexibility index (Phi) is 7.27. The van der Waals surface area contributed by atoms with Crippen LogP contribution in [0.2, 0.25) is 5.02 Å². The monoisotopic (exact) mass is 384 g/mol. The number of carbonyl (C=O) groups is 1. The zero-order valence-corrected chi connectivity index (χ0v) is 16.2. The molecule has 0 aliphatic carbocycles. The predicted molar refractivity (Wildman–Crippen MR) is 107 cm³/mol. The van der Waals surface area contributed by atoms with Gasteiger partial charge in [0.05, 0.1) is 17.7 Å². The number of carbonyl (C=O) groups excluding carboxylic acids is 1. The molecular weight excluding hydrogens is 364 g/mol. The summed E-state index contributed by atoms with van der Waals surface area (Å²) in [5.41, 5.74) is 1.18. The molecule has 0 heterocycles. The van der Waals surface area contributed by atoms with Gasteiger partial charge in [-0.1, -0.05) is 17.7 Å². The summed E-state index contributed by atoms with van der Waals surface area (Å²) in [7, 11) is 0. The highest BCUT2D eigenvalue weighted by atomic mass is 35.5. The van der Waals surface area contributed by atoms with E-state index in [0.717, 1.165) is 0 Å². The molecule has 2 aromatic carbocycles. The number of rotatable bonds is 7. The van der Waals surface area contributed by atoms with Crippen molar-refractivity contribution in [1.29, 1.82) is 5.26 Å². The highest BCUT2D eigenvalue weighted by Gasteiger charge is 2.11. The number of amides is 1. The van der Waals surface area contributed by atoms with Gasteiger partial charge in [0.25, 0.3) is 5.91 Å². The second kappa shape index (κ2) is 9.65. The normalized spacial score (nSPS) is 11.0. The lowest BCUT2D eigenvalue weighted by molar-refractivity contribution is -0.112. The molecule has 0 aliphatic rings. The summed E-state index contributed by atoms with van der Waals surface area (Å²) in [6.45, 7) is 6.27. The molecule has 1 N–H and O–H groups in total. The van der Waals surface area contributed by atoms with E-state index < -0.39 is 5.91 Å². The van der Waals surface area contributed by atoms with Crippen molar-refractivity contribution in [2.45, 2.75) is 26.9 Å². The van der Waals surface area contributed by atoms with Gasteiger partial charge in [0.2, 0.25) is 0 Å². The molecule has 0 bridgehead atoms. The maximum Gasteiger partial charge on any atom is 0.266 e. The number of nitrogens with zero attached hydrogens (tertiary/aromatic N) is 1. The molecular formula is C21H21ClN2O3. The topological polar surface area (TPSA) is 71.3 Å². The first-order valence-corrected chi connectivity index (χ1v) is 8.93. The molecule has 0 fully saturated rings. The third kappa shape index (κ3) is 6.05. The Hall–Kier alpha value is -2.97. The molecule has 0 aliphatic heterocycles. The zero-order chi connectivity index (χ0) is 19.8. The lowest BCUT2D eigenvalue weighted by Gasteiger charge is -2.11. The fraction of sp³-hybridized carbons (Fsp3) is 0.238. The van der Waals surface area contributed by atoms with E-state index in [2.05, 4.69) is 5.32 Å². The van der Waals surface area contributed by atoms with Crippen LogP contribution in [0.25, 0.3) is 6.08 Å².